The maximum atomic E-state index is 13.3. The van der Waals surface area contributed by atoms with E-state index in [1.165, 1.54) is 6.07 Å². The molecular weight excluding hydrogens is 417 g/mol. The Morgan fingerprint density at radius 1 is 1.09 bits per heavy atom. The van der Waals surface area contributed by atoms with Crippen LogP contribution in [0.2, 0.25) is 0 Å². The number of halogens is 3. The lowest BCUT2D eigenvalue weighted by Gasteiger charge is -2.46. The molecule has 2 N–H and O–H groups in total. The second-order valence-corrected chi connectivity index (χ2v) is 9.21. The number of hydrogen-bond acceptors (Lipinski definition) is 3. The maximum Gasteiger partial charge on any atom is 0.416 e. The van der Waals surface area contributed by atoms with Crippen molar-refractivity contribution in [3.63, 3.8) is 0 Å². The van der Waals surface area contributed by atoms with E-state index in [4.69, 9.17) is 4.74 Å². The molecule has 32 heavy (non-hydrogen) atoms. The number of nitrogens with one attached hydrogen (secondary N) is 2. The molecule has 2 aromatic carbocycles. The van der Waals surface area contributed by atoms with Crippen LogP contribution < -0.4 is 10.6 Å². The van der Waals surface area contributed by atoms with Crippen molar-refractivity contribution in [3.05, 3.63) is 70.8 Å². The number of rotatable bonds is 5. The quantitative estimate of drug-likeness (QED) is 0.678. The van der Waals surface area contributed by atoms with Crippen LogP contribution in [0.3, 0.4) is 0 Å². The van der Waals surface area contributed by atoms with E-state index < -0.39 is 23.4 Å². The summed E-state index contributed by atoms with van der Waals surface area (Å²) in [4.78, 5) is 11.8. The van der Waals surface area contributed by atoms with E-state index in [1.807, 2.05) is 30.3 Å². The Balaban J connectivity index is 1.53. The highest BCUT2D eigenvalue weighted by atomic mass is 19.4. The number of alkyl halides is 3. The third kappa shape index (κ3) is 4.69. The summed E-state index contributed by atoms with van der Waals surface area (Å²) in [7, 11) is 0. The van der Waals surface area contributed by atoms with Crippen molar-refractivity contribution in [1.82, 2.24) is 10.6 Å². The Labute approximate surface area is 186 Å². The molecule has 2 fully saturated rings. The molecule has 0 bridgehead atoms. The molecule has 172 valence electrons. The van der Waals surface area contributed by atoms with Gasteiger partial charge in [0.05, 0.1) is 29.4 Å². The Morgan fingerprint density at radius 3 is 2.44 bits per heavy atom. The number of piperidine rings is 1. The molecule has 0 unspecified atom stereocenters. The van der Waals surface area contributed by atoms with Crippen LogP contribution in [0.4, 0.5) is 13.2 Å². The van der Waals surface area contributed by atoms with E-state index in [2.05, 4.69) is 10.6 Å². The minimum absolute atomic E-state index is 0.0869. The summed E-state index contributed by atoms with van der Waals surface area (Å²) >= 11 is 0. The second-order valence-electron chi connectivity index (χ2n) is 9.21. The normalized spacial score (nSPS) is 26.8. The minimum Gasteiger partial charge on any atom is -0.372 e. The van der Waals surface area contributed by atoms with Gasteiger partial charge >= 0.3 is 6.18 Å². The Kier molecular flexibility index (Phi) is 6.07. The van der Waals surface area contributed by atoms with E-state index in [1.54, 1.807) is 19.9 Å². The highest BCUT2D eigenvalue weighted by molar-refractivity contribution is 5.79. The van der Waals surface area contributed by atoms with Crippen molar-refractivity contribution in [2.75, 3.05) is 13.2 Å². The lowest BCUT2D eigenvalue weighted by molar-refractivity contribution is -0.137. The molecule has 4 nitrogen and oxygen atoms in total. The summed E-state index contributed by atoms with van der Waals surface area (Å²) in [5, 5.41) is 6.76. The van der Waals surface area contributed by atoms with Crippen molar-refractivity contribution in [3.8, 4) is 0 Å². The van der Waals surface area contributed by atoms with E-state index in [0.717, 1.165) is 30.9 Å². The number of hydrogen-bond donors (Lipinski definition) is 2. The van der Waals surface area contributed by atoms with Gasteiger partial charge in [-0.25, -0.2) is 0 Å². The van der Waals surface area contributed by atoms with Crippen LogP contribution in [-0.4, -0.2) is 24.6 Å². The van der Waals surface area contributed by atoms with E-state index >= 15 is 0 Å². The topological polar surface area (TPSA) is 50.4 Å². The predicted molar refractivity (Wildman–Crippen MR) is 116 cm³/mol. The number of aryl methyl sites for hydroxylation is 1. The standard InChI is InChI=1S/C25H29F3N2O2/c1-17-12-19(14-21(13-17)25(26,27)28)18(2)32-16-24(20-6-4-3-5-7-20)11-10-23(15-29-24)9-8-22(31)30-23/h3-7,12-14,18,29H,8-11,15-16H2,1-2H3,(H,30,31)/t18-,23+,24-/m0/s1. The fourth-order valence-electron chi connectivity index (χ4n) is 4.85. The number of ether oxygens (including phenoxy) is 1. The van der Waals surface area contributed by atoms with E-state index in [-0.39, 0.29) is 11.4 Å². The van der Waals surface area contributed by atoms with Crippen LogP contribution in [-0.2, 0) is 21.2 Å². The van der Waals surface area contributed by atoms with Gasteiger partial charge in [0.15, 0.2) is 0 Å². The molecule has 7 heteroatoms. The number of amides is 1. The van der Waals surface area contributed by atoms with Crippen molar-refractivity contribution in [2.24, 2.45) is 0 Å². The molecular formula is C25H29F3N2O2. The molecule has 2 aromatic rings. The van der Waals surface area contributed by atoms with Crippen molar-refractivity contribution in [2.45, 2.75) is 62.9 Å². The zero-order chi connectivity index (χ0) is 23.0. The number of carbonyl (C=O) groups is 1. The summed E-state index contributed by atoms with van der Waals surface area (Å²) in [5.74, 6) is 0.0869. The first-order valence-electron chi connectivity index (χ1n) is 11.0. The number of carbonyl (C=O) groups excluding carboxylic acids is 1. The summed E-state index contributed by atoms with van der Waals surface area (Å²) in [6.07, 6.45) is -1.96. The fraction of sp³-hybridized carbons (Fsp3) is 0.480. The van der Waals surface area contributed by atoms with Crippen LogP contribution in [0.15, 0.2) is 48.5 Å². The molecule has 4 rings (SSSR count). The molecule has 3 atom stereocenters. The van der Waals surface area contributed by atoms with Gasteiger partial charge in [0.1, 0.15) is 0 Å². The summed E-state index contributed by atoms with van der Waals surface area (Å²) in [5.41, 5.74) is 0.792. The van der Waals surface area contributed by atoms with Gasteiger partial charge in [0.2, 0.25) is 5.91 Å². The fourth-order valence-corrected chi connectivity index (χ4v) is 4.85. The van der Waals surface area contributed by atoms with Crippen molar-refractivity contribution >= 4 is 5.91 Å². The molecule has 0 radical (unpaired) electrons. The monoisotopic (exact) mass is 446 g/mol. The van der Waals surface area contributed by atoms with Crippen LogP contribution in [0.25, 0.3) is 0 Å². The SMILES string of the molecule is Cc1cc([C@H](C)OC[C@]2(c3ccccc3)CC[C@]3(CCC(=O)N3)CN2)cc(C(F)(F)F)c1. The first-order valence-corrected chi connectivity index (χ1v) is 11.0. The molecule has 0 aromatic heterocycles. The summed E-state index contributed by atoms with van der Waals surface area (Å²) in [6, 6.07) is 14.0. The first-order chi connectivity index (χ1) is 15.1. The summed E-state index contributed by atoms with van der Waals surface area (Å²) < 4.78 is 46.0. The van der Waals surface area contributed by atoms with E-state index in [0.29, 0.717) is 30.7 Å². The third-order valence-electron chi connectivity index (χ3n) is 6.83. The third-order valence-corrected chi connectivity index (χ3v) is 6.83. The van der Waals surface area contributed by atoms with Gasteiger partial charge in [-0.15, -0.1) is 0 Å². The summed E-state index contributed by atoms with van der Waals surface area (Å²) in [6.45, 7) is 4.40. The van der Waals surface area contributed by atoms with Gasteiger partial charge in [-0.05, 0) is 56.4 Å². The predicted octanol–water partition coefficient (Wildman–Crippen LogP) is 5.02. The van der Waals surface area contributed by atoms with Gasteiger partial charge in [-0.2, -0.15) is 13.2 Å². The Hall–Kier alpha value is -2.38. The highest BCUT2D eigenvalue weighted by Gasteiger charge is 2.46. The molecule has 2 aliphatic heterocycles. The van der Waals surface area contributed by atoms with Crippen LogP contribution >= 0.6 is 0 Å². The van der Waals surface area contributed by atoms with Gasteiger partial charge < -0.3 is 15.4 Å². The lowest BCUT2D eigenvalue weighted by Crippen LogP contribution is -2.61. The molecule has 1 amide bonds. The van der Waals surface area contributed by atoms with E-state index in [9.17, 15) is 18.0 Å². The highest BCUT2D eigenvalue weighted by Crippen LogP contribution is 2.39. The van der Waals surface area contributed by atoms with Crippen LogP contribution in [0.1, 0.15) is 61.0 Å². The second kappa shape index (κ2) is 8.52. The average Bonchev–Trinajstić information content (AvgIpc) is 3.13. The number of benzene rings is 2. The van der Waals surface area contributed by atoms with Gasteiger partial charge in [0, 0.05) is 13.0 Å². The Morgan fingerprint density at radius 2 is 1.84 bits per heavy atom. The zero-order valence-electron chi connectivity index (χ0n) is 18.4. The molecule has 0 aliphatic carbocycles. The van der Waals surface area contributed by atoms with Crippen molar-refractivity contribution in [1.29, 1.82) is 0 Å². The van der Waals surface area contributed by atoms with Gasteiger partial charge in [-0.3, -0.25) is 4.79 Å². The average molecular weight is 447 g/mol. The van der Waals surface area contributed by atoms with Crippen LogP contribution in [0.5, 0.6) is 0 Å². The molecule has 0 saturated carbocycles. The van der Waals surface area contributed by atoms with Gasteiger partial charge in [0.25, 0.3) is 0 Å². The minimum atomic E-state index is -4.39. The largest absolute Gasteiger partial charge is 0.416 e. The molecule has 1 spiro atoms. The molecule has 2 saturated heterocycles. The lowest BCUT2D eigenvalue weighted by atomic mass is 9.76. The van der Waals surface area contributed by atoms with Crippen LogP contribution in [0, 0.1) is 6.92 Å². The molecule has 2 aliphatic rings. The Bertz CT molecular complexity index is 967. The van der Waals surface area contributed by atoms with Crippen molar-refractivity contribution < 1.29 is 22.7 Å². The van der Waals surface area contributed by atoms with Gasteiger partial charge in [-0.1, -0.05) is 42.0 Å². The smallest absolute Gasteiger partial charge is 0.372 e. The molecule has 2 heterocycles. The maximum absolute atomic E-state index is 13.3. The zero-order valence-corrected chi connectivity index (χ0v) is 18.4. The first kappa shape index (κ1) is 22.8.